The molecule has 1 aliphatic carbocycles. The minimum atomic E-state index is -0.404. The van der Waals surface area contributed by atoms with E-state index in [-0.39, 0.29) is 12.7 Å². The van der Waals surface area contributed by atoms with Crippen molar-refractivity contribution in [2.45, 2.75) is 51.9 Å². The lowest BCUT2D eigenvalue weighted by molar-refractivity contribution is -0.240. The van der Waals surface area contributed by atoms with Gasteiger partial charge in [-0.3, -0.25) is 0 Å². The van der Waals surface area contributed by atoms with Crippen LogP contribution in [0.1, 0.15) is 40.0 Å². The monoisotopic (exact) mass is 228 g/mol. The van der Waals surface area contributed by atoms with Crippen LogP contribution in [-0.4, -0.2) is 30.2 Å². The topological polar surface area (TPSA) is 38.7 Å². The number of ether oxygens (including phenoxy) is 2. The normalized spacial score (nSPS) is 44.4. The third-order valence-electron chi connectivity index (χ3n) is 4.06. The Morgan fingerprint density at radius 1 is 1.38 bits per heavy atom. The molecule has 1 saturated carbocycles. The molecule has 16 heavy (non-hydrogen) atoms. The van der Waals surface area contributed by atoms with E-state index in [4.69, 9.17) is 14.6 Å². The van der Waals surface area contributed by atoms with Gasteiger partial charge in [-0.2, -0.15) is 0 Å². The van der Waals surface area contributed by atoms with Gasteiger partial charge in [-0.05, 0) is 18.3 Å². The highest BCUT2D eigenvalue weighted by Gasteiger charge is 2.51. The van der Waals surface area contributed by atoms with Gasteiger partial charge in [0.15, 0.2) is 5.79 Å². The molecule has 3 heteroatoms. The van der Waals surface area contributed by atoms with Gasteiger partial charge in [-0.25, -0.2) is 0 Å². The van der Waals surface area contributed by atoms with Gasteiger partial charge in [0.05, 0.1) is 13.2 Å². The van der Waals surface area contributed by atoms with Gasteiger partial charge in [0.2, 0.25) is 0 Å². The second-order valence-corrected chi connectivity index (χ2v) is 5.78. The van der Waals surface area contributed by atoms with E-state index in [1.165, 1.54) is 12.8 Å². The second kappa shape index (κ2) is 4.63. The minimum absolute atomic E-state index is 0.0704. The summed E-state index contributed by atoms with van der Waals surface area (Å²) in [6, 6.07) is 0. The summed E-state index contributed by atoms with van der Waals surface area (Å²) in [6.45, 7) is 7.35. The van der Waals surface area contributed by atoms with Gasteiger partial charge in [-0.1, -0.05) is 27.2 Å². The van der Waals surface area contributed by atoms with Crippen molar-refractivity contribution in [3.8, 4) is 0 Å². The molecule has 0 aromatic rings. The fourth-order valence-corrected chi connectivity index (χ4v) is 3.24. The van der Waals surface area contributed by atoms with Crippen LogP contribution in [0, 0.1) is 17.8 Å². The van der Waals surface area contributed by atoms with E-state index in [0.717, 1.165) is 6.42 Å². The summed E-state index contributed by atoms with van der Waals surface area (Å²) < 4.78 is 12.0. The average Bonchev–Trinajstić information content (AvgIpc) is 2.61. The summed E-state index contributed by atoms with van der Waals surface area (Å²) in [6.07, 6.45) is 3.30. The molecule has 0 aromatic heterocycles. The zero-order chi connectivity index (χ0) is 11.8. The van der Waals surface area contributed by atoms with Crippen LogP contribution in [0.15, 0.2) is 0 Å². The van der Waals surface area contributed by atoms with Crippen molar-refractivity contribution in [2.24, 2.45) is 17.8 Å². The van der Waals surface area contributed by atoms with E-state index in [1.54, 1.807) is 0 Å². The Morgan fingerprint density at radius 2 is 2.12 bits per heavy atom. The highest BCUT2D eigenvalue weighted by molar-refractivity contribution is 4.92. The molecule has 4 unspecified atom stereocenters. The van der Waals surface area contributed by atoms with Crippen molar-refractivity contribution < 1.29 is 14.6 Å². The molecule has 0 bridgehead atoms. The third kappa shape index (κ3) is 2.13. The fourth-order valence-electron chi connectivity index (χ4n) is 3.24. The zero-order valence-electron chi connectivity index (χ0n) is 10.6. The molecule has 4 atom stereocenters. The van der Waals surface area contributed by atoms with Crippen LogP contribution in [0.2, 0.25) is 0 Å². The van der Waals surface area contributed by atoms with Crippen LogP contribution >= 0.6 is 0 Å². The third-order valence-corrected chi connectivity index (χ3v) is 4.06. The number of hydrogen-bond donors (Lipinski definition) is 1. The van der Waals surface area contributed by atoms with Crippen LogP contribution in [-0.2, 0) is 9.47 Å². The first-order chi connectivity index (χ1) is 7.57. The maximum atomic E-state index is 9.17. The van der Waals surface area contributed by atoms with Crippen LogP contribution < -0.4 is 0 Å². The van der Waals surface area contributed by atoms with Crippen molar-refractivity contribution in [3.63, 3.8) is 0 Å². The molecule has 0 radical (unpaired) electrons. The Bertz CT molecular complexity index is 241. The molecule has 1 N–H and O–H groups in total. The van der Waals surface area contributed by atoms with Gasteiger partial charge in [0.25, 0.3) is 0 Å². The lowest BCUT2D eigenvalue weighted by Crippen LogP contribution is -2.47. The van der Waals surface area contributed by atoms with Crippen LogP contribution in [0.3, 0.4) is 0 Å². The summed E-state index contributed by atoms with van der Waals surface area (Å²) in [5.74, 6) is 1.30. The first-order valence-electron chi connectivity index (χ1n) is 6.50. The fraction of sp³-hybridized carbons (Fsp3) is 1.00. The highest BCUT2D eigenvalue weighted by Crippen LogP contribution is 2.47. The quantitative estimate of drug-likeness (QED) is 0.787. The number of hydrogen-bond acceptors (Lipinski definition) is 3. The van der Waals surface area contributed by atoms with E-state index < -0.39 is 5.79 Å². The zero-order valence-corrected chi connectivity index (χ0v) is 10.6. The minimum Gasteiger partial charge on any atom is -0.394 e. The predicted molar refractivity (Wildman–Crippen MR) is 62.0 cm³/mol. The molecule has 2 rings (SSSR count). The molecular formula is C13H24O3. The molecular weight excluding hydrogens is 204 g/mol. The van der Waals surface area contributed by atoms with Crippen molar-refractivity contribution in [1.82, 2.24) is 0 Å². The number of aliphatic hydroxyl groups is 1. The SMILES string of the molecule is CC1CCC(C(C)C)C2(C1)OCC(CO)O2. The lowest BCUT2D eigenvalue weighted by atomic mass is 9.73. The number of aliphatic hydroxyl groups excluding tert-OH is 1. The van der Waals surface area contributed by atoms with Gasteiger partial charge in [0, 0.05) is 12.3 Å². The molecule has 1 aliphatic heterocycles. The van der Waals surface area contributed by atoms with Crippen LogP contribution in [0.5, 0.6) is 0 Å². The number of rotatable bonds is 2. The van der Waals surface area contributed by atoms with E-state index in [9.17, 15) is 0 Å². The molecule has 94 valence electrons. The first-order valence-corrected chi connectivity index (χ1v) is 6.50. The van der Waals surface area contributed by atoms with Gasteiger partial charge < -0.3 is 14.6 Å². The maximum absolute atomic E-state index is 9.17. The van der Waals surface area contributed by atoms with E-state index in [2.05, 4.69) is 20.8 Å². The molecule has 0 amide bonds. The van der Waals surface area contributed by atoms with Crippen LogP contribution in [0.25, 0.3) is 0 Å². The smallest absolute Gasteiger partial charge is 0.172 e. The van der Waals surface area contributed by atoms with Gasteiger partial charge in [0.1, 0.15) is 6.10 Å². The van der Waals surface area contributed by atoms with Crippen molar-refractivity contribution in [3.05, 3.63) is 0 Å². The molecule has 2 fully saturated rings. The summed E-state index contributed by atoms with van der Waals surface area (Å²) in [4.78, 5) is 0. The predicted octanol–water partition coefficient (Wildman–Crippen LogP) is 2.18. The van der Waals surface area contributed by atoms with Crippen molar-refractivity contribution >= 4 is 0 Å². The molecule has 1 spiro atoms. The molecule has 2 aliphatic rings. The van der Waals surface area contributed by atoms with E-state index in [1.807, 2.05) is 0 Å². The Hall–Kier alpha value is -0.120. The van der Waals surface area contributed by atoms with Gasteiger partial charge in [-0.15, -0.1) is 0 Å². The second-order valence-electron chi connectivity index (χ2n) is 5.78. The Morgan fingerprint density at radius 3 is 2.69 bits per heavy atom. The summed E-state index contributed by atoms with van der Waals surface area (Å²) in [5.41, 5.74) is 0. The van der Waals surface area contributed by atoms with Gasteiger partial charge >= 0.3 is 0 Å². The van der Waals surface area contributed by atoms with E-state index >= 15 is 0 Å². The standard InChI is InChI=1S/C13H24O3/c1-9(2)12-5-4-10(3)6-13(12)15-8-11(7-14)16-13/h9-12,14H,4-8H2,1-3H3. The lowest BCUT2D eigenvalue weighted by Gasteiger charge is -2.44. The first kappa shape index (κ1) is 12.3. The van der Waals surface area contributed by atoms with Crippen molar-refractivity contribution in [1.29, 1.82) is 0 Å². The Balaban J connectivity index is 2.13. The molecule has 3 nitrogen and oxygen atoms in total. The maximum Gasteiger partial charge on any atom is 0.172 e. The summed E-state index contributed by atoms with van der Waals surface area (Å²) >= 11 is 0. The Kier molecular flexibility index (Phi) is 3.57. The highest BCUT2D eigenvalue weighted by atomic mass is 16.7. The molecule has 0 aromatic carbocycles. The molecule has 1 heterocycles. The summed E-state index contributed by atoms with van der Waals surface area (Å²) in [7, 11) is 0. The van der Waals surface area contributed by atoms with Crippen molar-refractivity contribution in [2.75, 3.05) is 13.2 Å². The average molecular weight is 228 g/mol. The Labute approximate surface area is 98.1 Å². The summed E-state index contributed by atoms with van der Waals surface area (Å²) in [5, 5.41) is 9.17. The van der Waals surface area contributed by atoms with E-state index in [0.29, 0.717) is 24.4 Å². The molecule has 1 saturated heterocycles. The largest absolute Gasteiger partial charge is 0.394 e. The van der Waals surface area contributed by atoms with Crippen LogP contribution in [0.4, 0.5) is 0 Å².